The highest BCUT2D eigenvalue weighted by Gasteiger charge is 2.19. The molecule has 0 unspecified atom stereocenters. The number of thioether (sulfide) groups is 1. The van der Waals surface area contributed by atoms with Crippen molar-refractivity contribution in [3.8, 4) is 0 Å². The topological polar surface area (TPSA) is 107 Å². The molecule has 0 saturated carbocycles. The molecule has 1 aromatic heterocycles. The van der Waals surface area contributed by atoms with Crippen LogP contribution in [0.4, 0.5) is 4.79 Å². The van der Waals surface area contributed by atoms with Crippen molar-refractivity contribution in [1.82, 2.24) is 15.6 Å². The van der Waals surface area contributed by atoms with Gasteiger partial charge in [0.25, 0.3) is 5.91 Å². The summed E-state index contributed by atoms with van der Waals surface area (Å²) in [4.78, 5) is 40.9. The number of esters is 1. The maximum absolute atomic E-state index is 12.5. The third kappa shape index (κ3) is 7.30. The Kier molecular flexibility index (Phi) is 8.30. The number of allylic oxidation sites excluding steroid dienone is 1. The maximum Gasteiger partial charge on any atom is 0.407 e. The van der Waals surface area contributed by atoms with Gasteiger partial charge >= 0.3 is 12.1 Å². The molecule has 2 amide bonds. The molecule has 0 bridgehead atoms. The van der Waals surface area contributed by atoms with Crippen LogP contribution < -0.4 is 10.6 Å². The zero-order chi connectivity index (χ0) is 20.6. The lowest BCUT2D eigenvalue weighted by molar-refractivity contribution is -0.136. The highest BCUT2D eigenvalue weighted by molar-refractivity contribution is 7.98. The first-order valence-corrected chi connectivity index (χ1v) is 9.40. The van der Waals surface area contributed by atoms with E-state index >= 15 is 0 Å². The first-order valence-electron chi connectivity index (χ1n) is 8.18. The molecule has 148 valence electrons. The number of hydrogen-bond acceptors (Lipinski definition) is 7. The van der Waals surface area contributed by atoms with Gasteiger partial charge in [-0.25, -0.2) is 14.6 Å². The van der Waals surface area contributed by atoms with Crippen LogP contribution in [0.5, 0.6) is 0 Å². The van der Waals surface area contributed by atoms with Crippen LogP contribution in [0.15, 0.2) is 28.8 Å². The summed E-state index contributed by atoms with van der Waals surface area (Å²) in [5.41, 5.74) is 0.0361. The highest BCUT2D eigenvalue weighted by atomic mass is 32.2. The molecule has 1 rings (SSSR count). The molecule has 0 spiro atoms. The molecule has 0 aliphatic carbocycles. The van der Waals surface area contributed by atoms with Gasteiger partial charge in [-0.2, -0.15) is 0 Å². The Morgan fingerprint density at radius 3 is 2.44 bits per heavy atom. The normalized spacial score (nSPS) is 11.6. The molecule has 9 heteroatoms. The van der Waals surface area contributed by atoms with Crippen molar-refractivity contribution in [1.29, 1.82) is 0 Å². The van der Waals surface area contributed by atoms with E-state index < -0.39 is 23.6 Å². The number of amides is 2. The lowest BCUT2D eigenvalue weighted by atomic mass is 10.2. The number of nitrogens with zero attached hydrogens (tertiary/aromatic N) is 1. The van der Waals surface area contributed by atoms with E-state index in [-0.39, 0.29) is 17.9 Å². The number of aromatic nitrogens is 1. The Balaban J connectivity index is 2.94. The van der Waals surface area contributed by atoms with Gasteiger partial charge in [-0.05, 0) is 46.1 Å². The van der Waals surface area contributed by atoms with Gasteiger partial charge in [0.2, 0.25) is 0 Å². The van der Waals surface area contributed by atoms with Gasteiger partial charge in [-0.1, -0.05) is 6.08 Å². The summed E-state index contributed by atoms with van der Waals surface area (Å²) in [5, 5.41) is 5.08. The SMILES string of the molecule is C/C=C(/NC(=O)c1nc(CNC(=O)OC(C)(C)C)ccc1SC)C(=O)OC. The fraction of sp³-hybridized carbons (Fsp3) is 0.444. The largest absolute Gasteiger partial charge is 0.464 e. The number of hydrogen-bond donors (Lipinski definition) is 2. The minimum absolute atomic E-state index is 0.0219. The Labute approximate surface area is 163 Å². The quantitative estimate of drug-likeness (QED) is 0.433. The fourth-order valence-electron chi connectivity index (χ4n) is 1.92. The molecule has 8 nitrogen and oxygen atoms in total. The third-order valence-electron chi connectivity index (χ3n) is 3.11. The second kappa shape index (κ2) is 9.96. The van der Waals surface area contributed by atoms with Crippen molar-refractivity contribution in [2.45, 2.75) is 44.7 Å². The average molecular weight is 395 g/mol. The molecular weight excluding hydrogens is 370 g/mol. The lowest BCUT2D eigenvalue weighted by Gasteiger charge is -2.19. The molecule has 0 aliphatic rings. The van der Waals surface area contributed by atoms with E-state index in [0.717, 1.165) is 0 Å². The first kappa shape index (κ1) is 22.5. The summed E-state index contributed by atoms with van der Waals surface area (Å²) >= 11 is 1.34. The summed E-state index contributed by atoms with van der Waals surface area (Å²) in [6, 6.07) is 3.43. The molecule has 2 N–H and O–H groups in total. The Morgan fingerprint density at radius 1 is 1.26 bits per heavy atom. The molecule has 1 heterocycles. The highest BCUT2D eigenvalue weighted by Crippen LogP contribution is 2.19. The minimum atomic E-state index is -0.653. The third-order valence-corrected chi connectivity index (χ3v) is 3.88. The zero-order valence-electron chi connectivity index (χ0n) is 16.3. The van der Waals surface area contributed by atoms with Crippen molar-refractivity contribution in [2.75, 3.05) is 13.4 Å². The van der Waals surface area contributed by atoms with Crippen molar-refractivity contribution >= 4 is 29.7 Å². The number of rotatable bonds is 6. The average Bonchev–Trinajstić information content (AvgIpc) is 2.61. The van der Waals surface area contributed by atoms with Crippen molar-refractivity contribution in [3.05, 3.63) is 35.3 Å². The van der Waals surface area contributed by atoms with E-state index in [1.165, 1.54) is 24.9 Å². The predicted octanol–water partition coefficient (Wildman–Crippen LogP) is 2.63. The van der Waals surface area contributed by atoms with Crippen LogP contribution in [0.1, 0.15) is 43.9 Å². The molecule has 27 heavy (non-hydrogen) atoms. The number of pyridine rings is 1. The van der Waals surface area contributed by atoms with Crippen LogP contribution in [-0.4, -0.2) is 41.9 Å². The van der Waals surface area contributed by atoms with Gasteiger partial charge in [0.15, 0.2) is 0 Å². The smallest absolute Gasteiger partial charge is 0.407 e. The van der Waals surface area contributed by atoms with E-state index in [9.17, 15) is 14.4 Å². The molecule has 0 atom stereocenters. The molecular formula is C18H25N3O5S. The van der Waals surface area contributed by atoms with Crippen LogP contribution in [0, 0.1) is 0 Å². The number of methoxy groups -OCH3 is 1. The second-order valence-electron chi connectivity index (χ2n) is 6.36. The zero-order valence-corrected chi connectivity index (χ0v) is 17.2. The van der Waals surface area contributed by atoms with Crippen LogP contribution >= 0.6 is 11.8 Å². The molecule has 0 aromatic carbocycles. The van der Waals surface area contributed by atoms with Crippen LogP contribution in [0.3, 0.4) is 0 Å². The van der Waals surface area contributed by atoms with Gasteiger partial charge < -0.3 is 20.1 Å². The number of alkyl carbamates (subject to hydrolysis) is 1. The molecule has 1 aromatic rings. The Morgan fingerprint density at radius 2 is 1.93 bits per heavy atom. The standard InChI is InChI=1S/C18H25N3O5S/c1-7-12(16(23)25-5)21-15(22)14-13(27-6)9-8-11(20-14)10-19-17(24)26-18(2,3)4/h7-9H,10H2,1-6H3,(H,19,24)(H,21,22)/b12-7+. The van der Waals surface area contributed by atoms with Gasteiger partial charge in [0.05, 0.1) is 19.3 Å². The van der Waals surface area contributed by atoms with E-state index in [2.05, 4.69) is 20.4 Å². The Bertz CT molecular complexity index is 741. The fourth-order valence-corrected chi connectivity index (χ4v) is 2.46. The number of carbonyl (C=O) groups is 3. The van der Waals surface area contributed by atoms with E-state index in [4.69, 9.17) is 4.74 Å². The van der Waals surface area contributed by atoms with Gasteiger partial charge in [0, 0.05) is 4.90 Å². The molecule has 0 saturated heterocycles. The second-order valence-corrected chi connectivity index (χ2v) is 7.21. The number of nitrogens with one attached hydrogen (secondary N) is 2. The van der Waals surface area contributed by atoms with Crippen LogP contribution in [0.25, 0.3) is 0 Å². The predicted molar refractivity (Wildman–Crippen MR) is 102 cm³/mol. The molecule has 0 radical (unpaired) electrons. The number of ether oxygens (including phenoxy) is 2. The summed E-state index contributed by atoms with van der Waals surface area (Å²) in [6.07, 6.45) is 2.67. The Hall–Kier alpha value is -2.55. The van der Waals surface area contributed by atoms with Gasteiger partial charge in [0.1, 0.15) is 17.0 Å². The van der Waals surface area contributed by atoms with Gasteiger partial charge in [-0.3, -0.25) is 4.79 Å². The summed E-state index contributed by atoms with van der Waals surface area (Å²) < 4.78 is 9.78. The first-order chi connectivity index (χ1) is 12.6. The van der Waals surface area contributed by atoms with Crippen molar-refractivity contribution < 1.29 is 23.9 Å². The van der Waals surface area contributed by atoms with Crippen LogP contribution in [0.2, 0.25) is 0 Å². The van der Waals surface area contributed by atoms with Crippen molar-refractivity contribution in [2.24, 2.45) is 0 Å². The number of carbonyl (C=O) groups excluding carboxylic acids is 3. The minimum Gasteiger partial charge on any atom is -0.464 e. The van der Waals surface area contributed by atoms with Crippen molar-refractivity contribution in [3.63, 3.8) is 0 Å². The maximum atomic E-state index is 12.5. The monoisotopic (exact) mass is 395 g/mol. The summed E-state index contributed by atoms with van der Waals surface area (Å²) in [5.74, 6) is -1.20. The summed E-state index contributed by atoms with van der Waals surface area (Å²) in [7, 11) is 1.23. The summed E-state index contributed by atoms with van der Waals surface area (Å²) in [6.45, 7) is 7.00. The lowest BCUT2D eigenvalue weighted by Crippen LogP contribution is -2.32. The van der Waals surface area contributed by atoms with E-state index in [0.29, 0.717) is 10.6 Å². The van der Waals surface area contributed by atoms with Crippen LogP contribution in [-0.2, 0) is 20.8 Å². The van der Waals surface area contributed by atoms with Gasteiger partial charge in [-0.15, -0.1) is 11.8 Å². The molecule has 0 aliphatic heterocycles. The van der Waals surface area contributed by atoms with E-state index in [1.807, 2.05) is 6.26 Å². The molecule has 0 fully saturated rings. The van der Waals surface area contributed by atoms with E-state index in [1.54, 1.807) is 39.8 Å².